The number of hydrogen-bond acceptors (Lipinski definition) is 7. The molecule has 1 radical (unpaired) electrons. The summed E-state index contributed by atoms with van der Waals surface area (Å²) in [6.07, 6.45) is 3.66. The van der Waals surface area contributed by atoms with E-state index in [0.29, 0.717) is 18.4 Å². The zero-order valence-corrected chi connectivity index (χ0v) is 16.8. The maximum absolute atomic E-state index is 9.45. The van der Waals surface area contributed by atoms with Crippen LogP contribution in [0.2, 0.25) is 0 Å². The van der Waals surface area contributed by atoms with Crippen molar-refractivity contribution < 1.29 is 5.11 Å². The molecule has 3 N–H and O–H groups in total. The Kier molecular flexibility index (Phi) is 5.85. The summed E-state index contributed by atoms with van der Waals surface area (Å²) in [7, 11) is 0. The number of rotatable bonds is 8. The van der Waals surface area contributed by atoms with Crippen molar-refractivity contribution in [3.8, 4) is 11.3 Å². The SMILES string of the molecule is [CH2][C@@H](O)CNc1nc(NCc2ccc(-c3ccccn3)cc2)n2ncc(CC)c2n1. The van der Waals surface area contributed by atoms with E-state index in [9.17, 15) is 5.11 Å². The Hall–Kier alpha value is -3.52. The third-order valence-corrected chi connectivity index (χ3v) is 4.68. The van der Waals surface area contributed by atoms with Crippen LogP contribution in [0.1, 0.15) is 18.1 Å². The van der Waals surface area contributed by atoms with Gasteiger partial charge in [0, 0.05) is 30.4 Å². The van der Waals surface area contributed by atoms with E-state index >= 15 is 0 Å². The van der Waals surface area contributed by atoms with Crippen molar-refractivity contribution in [2.75, 3.05) is 17.2 Å². The Morgan fingerprint density at radius 3 is 2.63 bits per heavy atom. The van der Waals surface area contributed by atoms with E-state index in [0.717, 1.165) is 34.5 Å². The Labute approximate surface area is 175 Å². The van der Waals surface area contributed by atoms with Crippen LogP contribution in [0.5, 0.6) is 0 Å². The average molecular weight is 402 g/mol. The molecule has 0 saturated carbocycles. The molecule has 3 heterocycles. The number of pyridine rings is 1. The third-order valence-electron chi connectivity index (χ3n) is 4.68. The van der Waals surface area contributed by atoms with E-state index in [4.69, 9.17) is 0 Å². The molecule has 3 aromatic heterocycles. The summed E-state index contributed by atoms with van der Waals surface area (Å²) in [5.74, 6) is 1.00. The molecule has 0 unspecified atom stereocenters. The van der Waals surface area contributed by atoms with Gasteiger partial charge in [-0.3, -0.25) is 4.98 Å². The lowest BCUT2D eigenvalue weighted by Crippen LogP contribution is -2.19. The van der Waals surface area contributed by atoms with Crippen LogP contribution in [-0.2, 0) is 13.0 Å². The highest BCUT2D eigenvalue weighted by Gasteiger charge is 2.12. The maximum atomic E-state index is 9.45. The van der Waals surface area contributed by atoms with Gasteiger partial charge in [0.1, 0.15) is 0 Å². The van der Waals surface area contributed by atoms with Gasteiger partial charge in [0.05, 0.1) is 18.0 Å². The molecule has 0 aliphatic heterocycles. The lowest BCUT2D eigenvalue weighted by molar-refractivity contribution is 0.233. The van der Waals surface area contributed by atoms with Gasteiger partial charge in [0.2, 0.25) is 11.9 Å². The molecule has 1 atom stereocenters. The molecule has 1 aromatic carbocycles. The first-order valence-corrected chi connectivity index (χ1v) is 9.88. The molecule has 0 spiro atoms. The van der Waals surface area contributed by atoms with Crippen LogP contribution < -0.4 is 10.6 Å². The van der Waals surface area contributed by atoms with Gasteiger partial charge in [-0.2, -0.15) is 19.6 Å². The Bertz CT molecular complexity index is 1110. The Morgan fingerprint density at radius 2 is 1.93 bits per heavy atom. The lowest BCUT2D eigenvalue weighted by Gasteiger charge is -2.12. The highest BCUT2D eigenvalue weighted by Crippen LogP contribution is 2.19. The van der Waals surface area contributed by atoms with Crippen molar-refractivity contribution in [3.05, 3.63) is 72.9 Å². The molecule has 0 saturated heterocycles. The van der Waals surface area contributed by atoms with E-state index in [1.54, 1.807) is 16.9 Å². The summed E-state index contributed by atoms with van der Waals surface area (Å²) in [4.78, 5) is 13.4. The molecule has 8 heteroatoms. The molecule has 153 valence electrons. The minimum Gasteiger partial charge on any atom is -0.391 e. The molecule has 0 amide bonds. The van der Waals surface area contributed by atoms with Gasteiger partial charge in [-0.05, 0) is 31.0 Å². The highest BCUT2D eigenvalue weighted by atomic mass is 16.3. The molecule has 4 aromatic rings. The third kappa shape index (κ3) is 4.38. The van der Waals surface area contributed by atoms with Crippen LogP contribution in [0, 0.1) is 6.92 Å². The summed E-state index contributed by atoms with van der Waals surface area (Å²) in [6, 6.07) is 14.1. The van der Waals surface area contributed by atoms with Gasteiger partial charge in [-0.15, -0.1) is 0 Å². The molecule has 0 bridgehead atoms. The summed E-state index contributed by atoms with van der Waals surface area (Å²) < 4.78 is 1.70. The number of nitrogens with one attached hydrogen (secondary N) is 2. The standard InChI is InChI=1S/C22H24N7O/c1-3-17-14-26-29-20(17)27-21(24-12-15(2)30)28-22(29)25-13-16-7-9-18(10-8-16)19-6-4-5-11-23-19/h4-11,14-15,30H,2-3,12-13H2,1H3,(H2,24,25,27,28)/t15-/m1/s1. The molecule has 0 aliphatic carbocycles. The number of aryl methyl sites for hydroxylation is 1. The molecule has 0 fully saturated rings. The smallest absolute Gasteiger partial charge is 0.229 e. The van der Waals surface area contributed by atoms with Crippen molar-refractivity contribution in [2.45, 2.75) is 26.0 Å². The van der Waals surface area contributed by atoms with Crippen molar-refractivity contribution in [1.82, 2.24) is 24.6 Å². The second-order valence-electron chi connectivity index (χ2n) is 6.93. The van der Waals surface area contributed by atoms with E-state index in [1.165, 1.54) is 0 Å². The number of anilines is 2. The van der Waals surface area contributed by atoms with E-state index in [1.807, 2.05) is 18.2 Å². The number of hydrogen-bond donors (Lipinski definition) is 3. The van der Waals surface area contributed by atoms with Crippen LogP contribution >= 0.6 is 0 Å². The van der Waals surface area contributed by atoms with Crippen molar-refractivity contribution in [2.24, 2.45) is 0 Å². The van der Waals surface area contributed by atoms with Crippen LogP contribution in [0.4, 0.5) is 11.9 Å². The van der Waals surface area contributed by atoms with Crippen LogP contribution in [0.3, 0.4) is 0 Å². The van der Waals surface area contributed by atoms with Crippen molar-refractivity contribution in [1.29, 1.82) is 0 Å². The molecule has 4 rings (SSSR count). The molecule has 8 nitrogen and oxygen atoms in total. The minimum atomic E-state index is -0.741. The highest BCUT2D eigenvalue weighted by molar-refractivity contribution is 5.59. The topological polar surface area (TPSA) is 100 Å². The van der Waals surface area contributed by atoms with Gasteiger partial charge in [-0.1, -0.05) is 37.3 Å². The Balaban J connectivity index is 1.54. The molecule has 0 aliphatic rings. The van der Waals surface area contributed by atoms with Gasteiger partial charge in [0.15, 0.2) is 5.65 Å². The number of fused-ring (bicyclic) bond motifs is 1. The van der Waals surface area contributed by atoms with Gasteiger partial charge in [-0.25, -0.2) is 0 Å². The quantitative estimate of drug-likeness (QED) is 0.417. The minimum absolute atomic E-state index is 0.264. The number of aliphatic hydroxyl groups is 1. The van der Waals surface area contributed by atoms with Gasteiger partial charge >= 0.3 is 0 Å². The first-order chi connectivity index (χ1) is 14.6. The fraction of sp³-hybridized carbons (Fsp3) is 0.227. The summed E-state index contributed by atoms with van der Waals surface area (Å²) >= 11 is 0. The second-order valence-corrected chi connectivity index (χ2v) is 6.93. The van der Waals surface area contributed by atoms with Crippen LogP contribution in [-0.4, -0.2) is 42.3 Å². The number of aliphatic hydroxyl groups excluding tert-OH is 1. The largest absolute Gasteiger partial charge is 0.391 e. The number of benzene rings is 1. The van der Waals surface area contributed by atoms with E-state index in [-0.39, 0.29) is 6.54 Å². The number of nitrogens with zero attached hydrogens (tertiary/aromatic N) is 5. The fourth-order valence-electron chi connectivity index (χ4n) is 3.08. The monoisotopic (exact) mass is 402 g/mol. The Morgan fingerprint density at radius 1 is 1.10 bits per heavy atom. The molecular weight excluding hydrogens is 378 g/mol. The first-order valence-electron chi connectivity index (χ1n) is 9.88. The van der Waals surface area contributed by atoms with E-state index < -0.39 is 6.10 Å². The van der Waals surface area contributed by atoms with Crippen LogP contribution in [0.15, 0.2) is 54.9 Å². The molecule has 30 heavy (non-hydrogen) atoms. The number of aromatic nitrogens is 5. The first kappa shape index (κ1) is 19.8. The van der Waals surface area contributed by atoms with Gasteiger partial charge in [0.25, 0.3) is 0 Å². The van der Waals surface area contributed by atoms with Gasteiger partial charge < -0.3 is 15.7 Å². The summed E-state index contributed by atoms with van der Waals surface area (Å²) in [5, 5.41) is 20.2. The maximum Gasteiger partial charge on any atom is 0.229 e. The molecular formula is C22H24N7O. The predicted octanol–water partition coefficient (Wildman–Crippen LogP) is 2.97. The lowest BCUT2D eigenvalue weighted by atomic mass is 10.1. The fourth-order valence-corrected chi connectivity index (χ4v) is 3.08. The zero-order valence-electron chi connectivity index (χ0n) is 16.8. The van der Waals surface area contributed by atoms with Crippen LogP contribution in [0.25, 0.3) is 16.9 Å². The average Bonchev–Trinajstić information content (AvgIpc) is 3.20. The summed E-state index contributed by atoms with van der Waals surface area (Å²) in [6.45, 7) is 6.47. The normalized spacial score (nSPS) is 12.1. The zero-order chi connectivity index (χ0) is 20.9. The van der Waals surface area contributed by atoms with E-state index in [2.05, 4.69) is 68.8 Å². The predicted molar refractivity (Wildman–Crippen MR) is 117 cm³/mol. The second kappa shape index (κ2) is 8.87. The van der Waals surface area contributed by atoms with Crippen molar-refractivity contribution >= 4 is 17.5 Å². The van der Waals surface area contributed by atoms with Crippen molar-refractivity contribution in [3.63, 3.8) is 0 Å². The summed E-state index contributed by atoms with van der Waals surface area (Å²) in [5.41, 5.74) is 4.88.